The lowest BCUT2D eigenvalue weighted by molar-refractivity contribution is 1.06. The summed E-state index contributed by atoms with van der Waals surface area (Å²) < 4.78 is 0. The Morgan fingerprint density at radius 2 is 2.21 bits per heavy atom. The number of nitriles is 1. The lowest BCUT2D eigenvalue weighted by atomic mass is 10.1. The van der Waals surface area contributed by atoms with Crippen LogP contribution >= 0.6 is 11.6 Å². The number of anilines is 2. The summed E-state index contributed by atoms with van der Waals surface area (Å²) in [6.45, 7) is 2.27. The van der Waals surface area contributed by atoms with Crippen LogP contribution in [-0.2, 0) is 6.54 Å². The van der Waals surface area contributed by atoms with Crippen LogP contribution in [0, 0.1) is 18.3 Å². The first-order chi connectivity index (χ1) is 9.10. The third-order valence-electron chi connectivity index (χ3n) is 2.62. The van der Waals surface area contributed by atoms with E-state index in [2.05, 4.69) is 21.4 Å². The van der Waals surface area contributed by atoms with Gasteiger partial charge in [0.05, 0.1) is 23.0 Å². The van der Waals surface area contributed by atoms with Crippen LogP contribution in [0.15, 0.2) is 24.3 Å². The molecule has 0 amide bonds. The van der Waals surface area contributed by atoms with E-state index in [0.717, 1.165) is 5.56 Å². The van der Waals surface area contributed by atoms with E-state index in [0.29, 0.717) is 29.3 Å². The predicted molar refractivity (Wildman–Crippen MR) is 74.7 cm³/mol. The standard InChI is InChI=1S/C13H12ClN5/c1-8-11(16)12(19-13(14)18-8)17-7-10-4-2-3-9(5-10)6-15/h2-5H,7,16H2,1H3,(H,17,18,19). The molecule has 0 aliphatic rings. The summed E-state index contributed by atoms with van der Waals surface area (Å²) in [6, 6.07) is 9.40. The Kier molecular flexibility index (Phi) is 3.83. The molecule has 0 atom stereocenters. The summed E-state index contributed by atoms with van der Waals surface area (Å²) in [5, 5.41) is 12.1. The molecule has 1 aromatic carbocycles. The molecule has 0 aliphatic carbocycles. The van der Waals surface area contributed by atoms with Crippen molar-refractivity contribution in [3.05, 3.63) is 46.4 Å². The molecule has 5 nitrogen and oxygen atoms in total. The van der Waals surface area contributed by atoms with Gasteiger partial charge < -0.3 is 11.1 Å². The molecule has 0 saturated carbocycles. The highest BCUT2D eigenvalue weighted by molar-refractivity contribution is 6.28. The average Bonchev–Trinajstić information content (AvgIpc) is 2.41. The van der Waals surface area contributed by atoms with Crippen LogP contribution in [0.2, 0.25) is 5.28 Å². The average molecular weight is 274 g/mol. The number of benzene rings is 1. The zero-order chi connectivity index (χ0) is 13.8. The molecule has 2 rings (SSSR count). The minimum atomic E-state index is 0.153. The van der Waals surface area contributed by atoms with Gasteiger partial charge in [0.25, 0.3) is 0 Å². The molecule has 0 fully saturated rings. The van der Waals surface area contributed by atoms with Crippen molar-refractivity contribution < 1.29 is 0 Å². The van der Waals surface area contributed by atoms with E-state index in [9.17, 15) is 0 Å². The minimum absolute atomic E-state index is 0.153. The Labute approximate surface area is 116 Å². The van der Waals surface area contributed by atoms with Crippen molar-refractivity contribution in [1.29, 1.82) is 5.26 Å². The normalized spacial score (nSPS) is 9.95. The summed E-state index contributed by atoms with van der Waals surface area (Å²) >= 11 is 5.79. The van der Waals surface area contributed by atoms with E-state index in [1.807, 2.05) is 12.1 Å². The maximum Gasteiger partial charge on any atom is 0.224 e. The van der Waals surface area contributed by atoms with Gasteiger partial charge in [0.15, 0.2) is 5.82 Å². The number of hydrogen-bond donors (Lipinski definition) is 2. The highest BCUT2D eigenvalue weighted by atomic mass is 35.5. The van der Waals surface area contributed by atoms with E-state index in [-0.39, 0.29) is 5.28 Å². The third kappa shape index (κ3) is 3.12. The van der Waals surface area contributed by atoms with E-state index in [1.54, 1.807) is 19.1 Å². The molecule has 3 N–H and O–H groups in total. The van der Waals surface area contributed by atoms with E-state index in [1.165, 1.54) is 0 Å². The van der Waals surface area contributed by atoms with Crippen molar-refractivity contribution >= 4 is 23.1 Å². The third-order valence-corrected chi connectivity index (χ3v) is 2.79. The topological polar surface area (TPSA) is 87.6 Å². The van der Waals surface area contributed by atoms with Crippen LogP contribution in [0.3, 0.4) is 0 Å². The Hall–Kier alpha value is -2.32. The summed E-state index contributed by atoms with van der Waals surface area (Å²) in [5.74, 6) is 0.500. The Bertz CT molecular complexity index is 648. The second kappa shape index (κ2) is 5.55. The summed E-state index contributed by atoms with van der Waals surface area (Å²) in [4.78, 5) is 8.01. The smallest absolute Gasteiger partial charge is 0.224 e. The molecule has 1 aromatic heterocycles. The number of aryl methyl sites for hydroxylation is 1. The molecular weight excluding hydrogens is 262 g/mol. The van der Waals surface area contributed by atoms with Crippen LogP contribution in [0.25, 0.3) is 0 Å². The maximum absolute atomic E-state index is 8.84. The van der Waals surface area contributed by atoms with Crippen molar-refractivity contribution in [2.45, 2.75) is 13.5 Å². The zero-order valence-electron chi connectivity index (χ0n) is 10.3. The monoisotopic (exact) mass is 273 g/mol. The molecule has 0 bridgehead atoms. The van der Waals surface area contributed by atoms with Gasteiger partial charge in [-0.2, -0.15) is 10.2 Å². The number of nitrogen functional groups attached to an aromatic ring is 1. The number of rotatable bonds is 3. The minimum Gasteiger partial charge on any atom is -0.394 e. The molecule has 0 unspecified atom stereocenters. The van der Waals surface area contributed by atoms with E-state index < -0.39 is 0 Å². The largest absolute Gasteiger partial charge is 0.394 e. The van der Waals surface area contributed by atoms with Gasteiger partial charge in [-0.25, -0.2) is 4.98 Å². The first kappa shape index (κ1) is 13.1. The number of nitrogens with two attached hydrogens (primary N) is 1. The Morgan fingerprint density at radius 1 is 1.42 bits per heavy atom. The fourth-order valence-corrected chi connectivity index (χ4v) is 1.83. The molecule has 0 radical (unpaired) electrons. The number of hydrogen-bond acceptors (Lipinski definition) is 5. The maximum atomic E-state index is 8.84. The fourth-order valence-electron chi connectivity index (χ4n) is 1.62. The number of halogens is 1. The second-order valence-electron chi connectivity index (χ2n) is 4.01. The summed E-state index contributed by atoms with van der Waals surface area (Å²) in [7, 11) is 0. The van der Waals surface area contributed by atoms with Gasteiger partial charge in [-0.3, -0.25) is 0 Å². The number of nitrogens with zero attached hydrogens (tertiary/aromatic N) is 3. The lowest BCUT2D eigenvalue weighted by Crippen LogP contribution is -2.07. The van der Waals surface area contributed by atoms with Crippen molar-refractivity contribution in [3.8, 4) is 6.07 Å². The van der Waals surface area contributed by atoms with Gasteiger partial charge in [0.2, 0.25) is 5.28 Å². The van der Waals surface area contributed by atoms with Crippen molar-refractivity contribution in [3.63, 3.8) is 0 Å². The van der Waals surface area contributed by atoms with E-state index >= 15 is 0 Å². The molecule has 6 heteroatoms. The zero-order valence-corrected chi connectivity index (χ0v) is 11.1. The van der Waals surface area contributed by atoms with Gasteiger partial charge in [-0.1, -0.05) is 12.1 Å². The molecule has 0 saturated heterocycles. The molecule has 2 aromatic rings. The van der Waals surface area contributed by atoms with Crippen molar-refractivity contribution in [2.24, 2.45) is 0 Å². The Balaban J connectivity index is 2.17. The first-order valence-corrected chi connectivity index (χ1v) is 6.00. The SMILES string of the molecule is Cc1nc(Cl)nc(NCc2cccc(C#N)c2)c1N. The molecule has 0 aliphatic heterocycles. The molecule has 1 heterocycles. The first-order valence-electron chi connectivity index (χ1n) is 5.62. The second-order valence-corrected chi connectivity index (χ2v) is 4.34. The molecule has 19 heavy (non-hydrogen) atoms. The molecular formula is C13H12ClN5. The lowest BCUT2D eigenvalue weighted by Gasteiger charge is -2.10. The van der Waals surface area contributed by atoms with Gasteiger partial charge in [0, 0.05) is 6.54 Å². The summed E-state index contributed by atoms with van der Waals surface area (Å²) in [5.41, 5.74) is 8.56. The predicted octanol–water partition coefficient (Wildman–Crippen LogP) is 2.50. The van der Waals surface area contributed by atoms with Gasteiger partial charge in [-0.05, 0) is 36.2 Å². The van der Waals surface area contributed by atoms with Crippen LogP contribution in [-0.4, -0.2) is 9.97 Å². The molecule has 0 spiro atoms. The van der Waals surface area contributed by atoms with Crippen LogP contribution < -0.4 is 11.1 Å². The van der Waals surface area contributed by atoms with Gasteiger partial charge >= 0.3 is 0 Å². The van der Waals surface area contributed by atoms with Gasteiger partial charge in [-0.15, -0.1) is 0 Å². The summed E-state index contributed by atoms with van der Waals surface area (Å²) in [6.07, 6.45) is 0. The van der Waals surface area contributed by atoms with Crippen LogP contribution in [0.4, 0.5) is 11.5 Å². The molecule has 96 valence electrons. The number of nitrogens with one attached hydrogen (secondary N) is 1. The highest BCUT2D eigenvalue weighted by Gasteiger charge is 2.07. The van der Waals surface area contributed by atoms with Crippen molar-refractivity contribution in [2.75, 3.05) is 11.1 Å². The van der Waals surface area contributed by atoms with Gasteiger partial charge in [0.1, 0.15) is 0 Å². The fraction of sp³-hybridized carbons (Fsp3) is 0.154. The Morgan fingerprint density at radius 3 is 2.95 bits per heavy atom. The van der Waals surface area contributed by atoms with E-state index in [4.69, 9.17) is 22.6 Å². The van der Waals surface area contributed by atoms with Crippen LogP contribution in [0.5, 0.6) is 0 Å². The highest BCUT2D eigenvalue weighted by Crippen LogP contribution is 2.21. The van der Waals surface area contributed by atoms with Crippen molar-refractivity contribution in [1.82, 2.24) is 9.97 Å². The number of aromatic nitrogens is 2. The van der Waals surface area contributed by atoms with Crippen LogP contribution in [0.1, 0.15) is 16.8 Å². The quantitative estimate of drug-likeness (QED) is 0.839.